The van der Waals surface area contributed by atoms with Gasteiger partial charge in [0.1, 0.15) is 11.4 Å². The molecular formula is C21H30IN3O2. The van der Waals surface area contributed by atoms with Crippen molar-refractivity contribution in [1.29, 1.82) is 0 Å². The Morgan fingerprint density at radius 1 is 1.19 bits per heavy atom. The second-order valence-electron chi connectivity index (χ2n) is 7.19. The summed E-state index contributed by atoms with van der Waals surface area (Å²) in [6.45, 7) is 2.85. The van der Waals surface area contributed by atoms with Crippen molar-refractivity contribution < 1.29 is 9.52 Å². The molecule has 5 nitrogen and oxygen atoms in total. The minimum Gasteiger partial charge on any atom is -0.469 e. The van der Waals surface area contributed by atoms with E-state index in [-0.39, 0.29) is 24.0 Å². The molecule has 1 aromatic heterocycles. The molecule has 2 aromatic rings. The van der Waals surface area contributed by atoms with Gasteiger partial charge in [-0.05, 0) is 37.5 Å². The Balaban J connectivity index is 0.00000261. The number of hydrogen-bond donors (Lipinski definition) is 3. The van der Waals surface area contributed by atoms with E-state index in [0.29, 0.717) is 12.6 Å². The summed E-state index contributed by atoms with van der Waals surface area (Å²) in [7, 11) is 0. The van der Waals surface area contributed by atoms with Crippen molar-refractivity contribution in [3.05, 3.63) is 60.1 Å². The minimum atomic E-state index is -0.993. The summed E-state index contributed by atoms with van der Waals surface area (Å²) in [6, 6.07) is 14.0. The van der Waals surface area contributed by atoms with Crippen LogP contribution in [0.1, 0.15) is 43.9 Å². The van der Waals surface area contributed by atoms with Crippen molar-refractivity contribution in [3.8, 4) is 0 Å². The van der Waals surface area contributed by atoms with Crippen LogP contribution in [-0.4, -0.2) is 30.2 Å². The number of guanidine groups is 1. The summed E-state index contributed by atoms with van der Waals surface area (Å²) in [4.78, 5) is 4.67. The van der Waals surface area contributed by atoms with E-state index in [2.05, 4.69) is 15.6 Å². The van der Waals surface area contributed by atoms with Gasteiger partial charge in [0, 0.05) is 19.0 Å². The molecule has 0 radical (unpaired) electrons. The van der Waals surface area contributed by atoms with E-state index in [4.69, 9.17) is 4.42 Å². The van der Waals surface area contributed by atoms with E-state index in [0.717, 1.165) is 30.2 Å². The van der Waals surface area contributed by atoms with Crippen LogP contribution >= 0.6 is 24.0 Å². The van der Waals surface area contributed by atoms with Crippen LogP contribution in [0.5, 0.6) is 0 Å². The third-order valence-corrected chi connectivity index (χ3v) is 4.88. The molecule has 0 aliphatic heterocycles. The van der Waals surface area contributed by atoms with Crippen LogP contribution in [0.3, 0.4) is 0 Å². The van der Waals surface area contributed by atoms with Gasteiger partial charge < -0.3 is 20.2 Å². The first-order valence-corrected chi connectivity index (χ1v) is 9.49. The highest BCUT2D eigenvalue weighted by Gasteiger charge is 2.23. The van der Waals surface area contributed by atoms with Gasteiger partial charge in [-0.25, -0.2) is 4.99 Å². The molecule has 1 unspecified atom stereocenters. The lowest BCUT2D eigenvalue weighted by molar-refractivity contribution is 0.0672. The van der Waals surface area contributed by atoms with Crippen LogP contribution in [0.15, 0.2) is 58.1 Å². The van der Waals surface area contributed by atoms with Crippen LogP contribution in [0.25, 0.3) is 0 Å². The second kappa shape index (κ2) is 10.7. The van der Waals surface area contributed by atoms with E-state index in [1.807, 2.05) is 49.4 Å². The normalized spacial score (nSPS) is 17.2. The Morgan fingerprint density at radius 2 is 1.93 bits per heavy atom. The SMILES string of the molecule is CC(O)(CN=C(NCCc1ccco1)NC1CCCC1)c1ccccc1.I. The van der Waals surface area contributed by atoms with Crippen molar-refractivity contribution >= 4 is 29.9 Å². The lowest BCUT2D eigenvalue weighted by Crippen LogP contribution is -2.44. The third kappa shape index (κ3) is 6.84. The zero-order chi connectivity index (χ0) is 18.2. The van der Waals surface area contributed by atoms with Gasteiger partial charge in [0.25, 0.3) is 0 Å². The van der Waals surface area contributed by atoms with Crippen LogP contribution in [0.2, 0.25) is 0 Å². The molecule has 148 valence electrons. The monoisotopic (exact) mass is 483 g/mol. The highest BCUT2D eigenvalue weighted by molar-refractivity contribution is 14.0. The van der Waals surface area contributed by atoms with Crippen molar-refractivity contribution in [3.63, 3.8) is 0 Å². The Morgan fingerprint density at radius 3 is 2.59 bits per heavy atom. The van der Waals surface area contributed by atoms with Gasteiger partial charge in [-0.15, -0.1) is 24.0 Å². The summed E-state index contributed by atoms with van der Waals surface area (Å²) in [6.07, 6.45) is 7.37. The summed E-state index contributed by atoms with van der Waals surface area (Å²) < 4.78 is 5.38. The van der Waals surface area contributed by atoms with E-state index in [9.17, 15) is 5.11 Å². The van der Waals surface area contributed by atoms with Crippen LogP contribution < -0.4 is 10.6 Å². The molecule has 0 bridgehead atoms. The fourth-order valence-corrected chi connectivity index (χ4v) is 3.30. The average Bonchev–Trinajstić information content (AvgIpc) is 3.34. The molecule has 1 saturated carbocycles. The maximum atomic E-state index is 10.8. The summed E-state index contributed by atoms with van der Waals surface area (Å²) in [5.74, 6) is 1.72. The van der Waals surface area contributed by atoms with Crippen molar-refractivity contribution in [1.82, 2.24) is 10.6 Å². The fourth-order valence-electron chi connectivity index (χ4n) is 3.30. The molecule has 1 heterocycles. The zero-order valence-corrected chi connectivity index (χ0v) is 18.2. The predicted molar refractivity (Wildman–Crippen MR) is 120 cm³/mol. The molecule has 1 aliphatic rings. The Bertz CT molecular complexity index is 681. The van der Waals surface area contributed by atoms with Crippen molar-refractivity contribution in [2.24, 2.45) is 4.99 Å². The van der Waals surface area contributed by atoms with E-state index < -0.39 is 5.60 Å². The van der Waals surface area contributed by atoms with Crippen LogP contribution in [0.4, 0.5) is 0 Å². The van der Waals surface area contributed by atoms with E-state index in [1.54, 1.807) is 6.26 Å². The molecule has 0 spiro atoms. The van der Waals surface area contributed by atoms with Gasteiger partial charge in [-0.3, -0.25) is 0 Å². The smallest absolute Gasteiger partial charge is 0.191 e. The average molecular weight is 483 g/mol. The second-order valence-corrected chi connectivity index (χ2v) is 7.19. The first-order valence-electron chi connectivity index (χ1n) is 9.49. The molecule has 1 fully saturated rings. The number of hydrogen-bond acceptors (Lipinski definition) is 3. The molecule has 0 amide bonds. The Labute approximate surface area is 178 Å². The number of benzene rings is 1. The van der Waals surface area contributed by atoms with Gasteiger partial charge in [-0.1, -0.05) is 43.2 Å². The molecule has 1 atom stereocenters. The first kappa shape index (κ1) is 21.8. The van der Waals surface area contributed by atoms with Gasteiger partial charge in [0.2, 0.25) is 0 Å². The molecule has 1 aromatic carbocycles. The molecule has 27 heavy (non-hydrogen) atoms. The standard InChI is InChI=1S/C21H29N3O2.HI/c1-21(25,17-8-3-2-4-9-17)16-23-20(24-18-10-5-6-11-18)22-14-13-19-12-7-15-26-19;/h2-4,7-9,12,15,18,25H,5-6,10-11,13-14,16H2,1H3,(H2,22,23,24);1H. The summed E-state index contributed by atoms with van der Waals surface area (Å²) >= 11 is 0. The molecule has 3 N–H and O–H groups in total. The highest BCUT2D eigenvalue weighted by atomic mass is 127. The van der Waals surface area contributed by atoms with Crippen molar-refractivity contribution in [2.75, 3.05) is 13.1 Å². The van der Waals surface area contributed by atoms with Crippen LogP contribution in [-0.2, 0) is 12.0 Å². The third-order valence-electron chi connectivity index (χ3n) is 4.88. The number of nitrogens with zero attached hydrogens (tertiary/aromatic N) is 1. The zero-order valence-electron chi connectivity index (χ0n) is 15.9. The minimum absolute atomic E-state index is 0. The summed E-state index contributed by atoms with van der Waals surface area (Å²) in [5, 5.41) is 17.7. The topological polar surface area (TPSA) is 69.8 Å². The van der Waals surface area contributed by atoms with Gasteiger partial charge in [0.05, 0.1) is 12.8 Å². The highest BCUT2D eigenvalue weighted by Crippen LogP contribution is 2.21. The number of aliphatic imine (C=N–C) groups is 1. The van der Waals surface area contributed by atoms with E-state index in [1.165, 1.54) is 25.7 Å². The molecule has 3 rings (SSSR count). The number of furan rings is 1. The molecule has 6 heteroatoms. The lowest BCUT2D eigenvalue weighted by atomic mass is 9.96. The molecule has 1 aliphatic carbocycles. The Kier molecular flexibility index (Phi) is 8.63. The van der Waals surface area contributed by atoms with Gasteiger partial charge in [-0.2, -0.15) is 0 Å². The number of nitrogens with one attached hydrogen (secondary N) is 2. The molecular weight excluding hydrogens is 453 g/mol. The fraction of sp³-hybridized carbons (Fsp3) is 0.476. The Hall–Kier alpha value is -1.54. The maximum Gasteiger partial charge on any atom is 0.191 e. The van der Waals surface area contributed by atoms with Crippen LogP contribution in [0, 0.1) is 0 Å². The largest absolute Gasteiger partial charge is 0.469 e. The predicted octanol–water partition coefficient (Wildman–Crippen LogP) is 3.83. The molecule has 0 saturated heterocycles. The first-order chi connectivity index (χ1) is 12.6. The quantitative estimate of drug-likeness (QED) is 0.318. The van der Waals surface area contributed by atoms with Gasteiger partial charge >= 0.3 is 0 Å². The van der Waals surface area contributed by atoms with Crippen molar-refractivity contribution in [2.45, 2.75) is 50.7 Å². The number of halogens is 1. The summed E-state index contributed by atoms with van der Waals surface area (Å²) in [5.41, 5.74) is -0.119. The lowest BCUT2D eigenvalue weighted by Gasteiger charge is -2.23. The maximum absolute atomic E-state index is 10.8. The van der Waals surface area contributed by atoms with E-state index >= 15 is 0 Å². The number of aliphatic hydroxyl groups is 1. The van der Waals surface area contributed by atoms with Gasteiger partial charge in [0.15, 0.2) is 5.96 Å². The number of rotatable bonds is 7.